The summed E-state index contributed by atoms with van der Waals surface area (Å²) in [6, 6.07) is 0. The number of aliphatic hydroxyl groups excluding tert-OH is 1. The van der Waals surface area contributed by atoms with Gasteiger partial charge in [0.15, 0.2) is 5.82 Å². The fourth-order valence-electron chi connectivity index (χ4n) is 2.56. The second kappa shape index (κ2) is 5.52. The first-order valence-corrected chi connectivity index (χ1v) is 6.90. The van der Waals surface area contributed by atoms with E-state index in [1.807, 2.05) is 10.9 Å². The van der Waals surface area contributed by atoms with Gasteiger partial charge in [0.25, 0.3) is 0 Å². The molecule has 2 aromatic heterocycles. The van der Waals surface area contributed by atoms with E-state index in [-0.39, 0.29) is 6.61 Å². The molecule has 0 aliphatic carbocycles. The Labute approximate surface area is 112 Å². The molecule has 0 aromatic carbocycles. The Kier molecular flexibility index (Phi) is 3.59. The van der Waals surface area contributed by atoms with Crippen LogP contribution in [-0.2, 0) is 25.9 Å². The molecule has 3 heterocycles. The summed E-state index contributed by atoms with van der Waals surface area (Å²) in [7, 11) is 0. The zero-order valence-corrected chi connectivity index (χ0v) is 11.0. The first kappa shape index (κ1) is 12.3. The van der Waals surface area contributed by atoms with Crippen LogP contribution in [0.2, 0.25) is 0 Å². The van der Waals surface area contributed by atoms with Crippen LogP contribution in [0.25, 0.3) is 0 Å². The van der Waals surface area contributed by atoms with Gasteiger partial charge < -0.3 is 9.67 Å². The third-order valence-corrected chi connectivity index (χ3v) is 3.58. The number of fused-ring (bicyclic) bond motifs is 1. The summed E-state index contributed by atoms with van der Waals surface area (Å²) < 4.78 is 4.10. The molecule has 102 valence electrons. The molecular weight excluding hydrogens is 242 g/mol. The summed E-state index contributed by atoms with van der Waals surface area (Å²) in [5, 5.41) is 21.8. The van der Waals surface area contributed by atoms with Crippen molar-refractivity contribution >= 4 is 0 Å². The largest absolute Gasteiger partial charge is 0.396 e. The van der Waals surface area contributed by atoms with Gasteiger partial charge in [-0.1, -0.05) is 6.42 Å². The molecule has 1 aliphatic heterocycles. The first-order chi connectivity index (χ1) is 9.36. The molecule has 1 aliphatic rings. The molecule has 0 atom stereocenters. The van der Waals surface area contributed by atoms with Crippen molar-refractivity contribution in [2.75, 3.05) is 6.61 Å². The molecule has 6 nitrogen and oxygen atoms in total. The van der Waals surface area contributed by atoms with E-state index in [0.29, 0.717) is 13.0 Å². The van der Waals surface area contributed by atoms with Crippen molar-refractivity contribution in [3.8, 4) is 0 Å². The van der Waals surface area contributed by atoms with Crippen LogP contribution in [-0.4, -0.2) is 36.3 Å². The monoisotopic (exact) mass is 261 g/mol. The lowest BCUT2D eigenvalue weighted by molar-refractivity contribution is 0.299. The van der Waals surface area contributed by atoms with E-state index in [9.17, 15) is 0 Å². The van der Waals surface area contributed by atoms with Gasteiger partial charge in [-0.25, -0.2) is 0 Å². The van der Waals surface area contributed by atoms with Gasteiger partial charge in [-0.3, -0.25) is 4.68 Å². The van der Waals surface area contributed by atoms with Crippen molar-refractivity contribution in [2.24, 2.45) is 0 Å². The number of aromatic nitrogens is 5. The van der Waals surface area contributed by atoms with E-state index in [1.165, 1.54) is 19.3 Å². The highest BCUT2D eigenvalue weighted by molar-refractivity contribution is 5.05. The highest BCUT2D eigenvalue weighted by Gasteiger charge is 2.15. The van der Waals surface area contributed by atoms with Crippen molar-refractivity contribution < 1.29 is 5.11 Å². The van der Waals surface area contributed by atoms with Crippen molar-refractivity contribution in [1.29, 1.82) is 0 Å². The van der Waals surface area contributed by atoms with Crippen LogP contribution in [0.3, 0.4) is 0 Å². The molecule has 3 rings (SSSR count). The second-order valence-electron chi connectivity index (χ2n) is 5.01. The number of aryl methyl sites for hydroxylation is 1. The molecule has 0 spiro atoms. The smallest absolute Gasteiger partial charge is 0.154 e. The Balaban J connectivity index is 1.77. The zero-order valence-electron chi connectivity index (χ0n) is 11.0. The van der Waals surface area contributed by atoms with Gasteiger partial charge in [0.1, 0.15) is 12.4 Å². The number of hydrogen-bond donors (Lipinski definition) is 1. The molecule has 0 radical (unpaired) electrons. The maximum atomic E-state index is 8.91. The van der Waals surface area contributed by atoms with Gasteiger partial charge in [-0.15, -0.1) is 10.2 Å². The number of nitrogens with zero attached hydrogens (tertiary/aromatic N) is 5. The molecule has 0 amide bonds. The Morgan fingerprint density at radius 2 is 2.16 bits per heavy atom. The van der Waals surface area contributed by atoms with E-state index in [4.69, 9.17) is 5.11 Å². The average molecular weight is 261 g/mol. The van der Waals surface area contributed by atoms with Crippen LogP contribution < -0.4 is 0 Å². The van der Waals surface area contributed by atoms with Crippen LogP contribution in [0, 0.1) is 0 Å². The SMILES string of the molecule is OCCc1cnn(Cc2nnc3n2CCCCC3)c1. The molecule has 0 saturated carbocycles. The molecule has 6 heteroatoms. The van der Waals surface area contributed by atoms with Crippen LogP contribution in [0.15, 0.2) is 12.4 Å². The predicted octanol–water partition coefficient (Wildman–Crippen LogP) is 0.784. The van der Waals surface area contributed by atoms with E-state index >= 15 is 0 Å². The minimum Gasteiger partial charge on any atom is -0.396 e. The Hall–Kier alpha value is -1.69. The highest BCUT2D eigenvalue weighted by atomic mass is 16.2. The number of rotatable bonds is 4. The van der Waals surface area contributed by atoms with Gasteiger partial charge in [-0.2, -0.15) is 5.10 Å². The van der Waals surface area contributed by atoms with Crippen LogP contribution in [0.5, 0.6) is 0 Å². The van der Waals surface area contributed by atoms with Gasteiger partial charge in [0.2, 0.25) is 0 Å². The molecule has 19 heavy (non-hydrogen) atoms. The number of aliphatic hydroxyl groups is 1. The Morgan fingerprint density at radius 1 is 1.21 bits per heavy atom. The van der Waals surface area contributed by atoms with E-state index in [1.54, 1.807) is 6.20 Å². The first-order valence-electron chi connectivity index (χ1n) is 6.90. The lowest BCUT2D eigenvalue weighted by atomic mass is 10.2. The zero-order chi connectivity index (χ0) is 13.1. The Morgan fingerprint density at radius 3 is 3.05 bits per heavy atom. The minimum absolute atomic E-state index is 0.159. The van der Waals surface area contributed by atoms with Crippen LogP contribution >= 0.6 is 0 Å². The maximum absolute atomic E-state index is 8.91. The minimum atomic E-state index is 0.159. The van der Waals surface area contributed by atoms with Crippen molar-refractivity contribution in [3.05, 3.63) is 29.6 Å². The standard InChI is InChI=1S/C13H19N5O/c19-7-5-11-8-14-17(9-11)10-13-16-15-12-4-2-1-3-6-18(12)13/h8-9,19H,1-7,10H2. The molecule has 0 fully saturated rings. The predicted molar refractivity (Wildman–Crippen MR) is 69.7 cm³/mol. The molecule has 0 saturated heterocycles. The average Bonchev–Trinajstić information content (AvgIpc) is 2.92. The molecule has 1 N–H and O–H groups in total. The third kappa shape index (κ3) is 2.68. The van der Waals surface area contributed by atoms with Gasteiger partial charge in [-0.05, 0) is 24.8 Å². The molecule has 0 bridgehead atoms. The number of hydrogen-bond acceptors (Lipinski definition) is 4. The summed E-state index contributed by atoms with van der Waals surface area (Å²) >= 11 is 0. The molecular formula is C13H19N5O. The van der Waals surface area contributed by atoms with E-state index in [0.717, 1.165) is 30.2 Å². The summed E-state index contributed by atoms with van der Waals surface area (Å²) in [6.45, 7) is 1.83. The quantitative estimate of drug-likeness (QED) is 0.883. The third-order valence-electron chi connectivity index (χ3n) is 3.58. The van der Waals surface area contributed by atoms with Crippen molar-refractivity contribution in [3.63, 3.8) is 0 Å². The Bertz CT molecular complexity index is 545. The van der Waals surface area contributed by atoms with Crippen LogP contribution in [0.4, 0.5) is 0 Å². The lowest BCUT2D eigenvalue weighted by Gasteiger charge is -2.06. The summed E-state index contributed by atoms with van der Waals surface area (Å²) in [5.41, 5.74) is 1.05. The van der Waals surface area contributed by atoms with Crippen molar-refractivity contribution in [1.82, 2.24) is 24.5 Å². The molecule has 2 aromatic rings. The second-order valence-corrected chi connectivity index (χ2v) is 5.01. The van der Waals surface area contributed by atoms with Gasteiger partial charge >= 0.3 is 0 Å². The van der Waals surface area contributed by atoms with Crippen LogP contribution in [0.1, 0.15) is 36.5 Å². The normalized spacial score (nSPS) is 15.2. The maximum Gasteiger partial charge on any atom is 0.154 e. The van der Waals surface area contributed by atoms with E-state index < -0.39 is 0 Å². The summed E-state index contributed by atoms with van der Waals surface area (Å²) in [5.74, 6) is 2.09. The van der Waals surface area contributed by atoms with Gasteiger partial charge in [0.05, 0.1) is 6.20 Å². The summed E-state index contributed by atoms with van der Waals surface area (Å²) in [4.78, 5) is 0. The lowest BCUT2D eigenvalue weighted by Crippen LogP contribution is -2.10. The highest BCUT2D eigenvalue weighted by Crippen LogP contribution is 2.15. The topological polar surface area (TPSA) is 68.8 Å². The van der Waals surface area contributed by atoms with E-state index in [2.05, 4.69) is 19.9 Å². The fourth-order valence-corrected chi connectivity index (χ4v) is 2.56. The van der Waals surface area contributed by atoms with Gasteiger partial charge in [0, 0.05) is 25.8 Å². The summed E-state index contributed by atoms with van der Waals surface area (Å²) in [6.07, 6.45) is 9.13. The van der Waals surface area contributed by atoms with Crippen molar-refractivity contribution in [2.45, 2.75) is 45.2 Å². The fraction of sp³-hybridized carbons (Fsp3) is 0.615. The molecule has 0 unspecified atom stereocenters.